The van der Waals surface area contributed by atoms with Crippen molar-refractivity contribution in [1.82, 2.24) is 9.97 Å². The Hall–Kier alpha value is -3.80. The number of nitrogens with one attached hydrogen (secondary N) is 2. The van der Waals surface area contributed by atoms with Crippen LogP contribution in [-0.4, -0.2) is 21.8 Å². The third-order valence-corrected chi connectivity index (χ3v) is 5.84. The van der Waals surface area contributed by atoms with Crippen molar-refractivity contribution in [2.45, 2.75) is 26.7 Å². The molecule has 2 N–H and O–H groups in total. The minimum Gasteiger partial charge on any atom is -0.323 e. The van der Waals surface area contributed by atoms with Crippen molar-refractivity contribution in [3.05, 3.63) is 73.1 Å². The van der Waals surface area contributed by atoms with Crippen molar-refractivity contribution < 1.29 is 9.59 Å². The first kappa shape index (κ1) is 20.5. The molecule has 2 aromatic heterocycles. The molecule has 4 aromatic rings. The average molecular weight is 412 g/mol. The molecule has 0 spiro atoms. The molecular weight excluding hydrogens is 388 g/mol. The maximum Gasteiger partial charge on any atom is 0.240 e. The van der Waals surface area contributed by atoms with E-state index in [-0.39, 0.29) is 11.8 Å². The van der Waals surface area contributed by atoms with E-state index in [4.69, 9.17) is 0 Å². The molecule has 31 heavy (non-hydrogen) atoms. The molecule has 0 aliphatic rings. The molecule has 156 valence electrons. The van der Waals surface area contributed by atoms with Crippen molar-refractivity contribution in [2.24, 2.45) is 5.41 Å². The molecule has 0 bridgehead atoms. The fourth-order valence-corrected chi connectivity index (χ4v) is 3.89. The number of aromatic nitrogens is 2. The largest absolute Gasteiger partial charge is 0.323 e. The number of benzene rings is 2. The van der Waals surface area contributed by atoms with E-state index < -0.39 is 5.41 Å². The van der Waals surface area contributed by atoms with Gasteiger partial charge in [0.1, 0.15) is 5.41 Å². The summed E-state index contributed by atoms with van der Waals surface area (Å²) in [5.74, 6) is -0.692. The second kappa shape index (κ2) is 8.52. The van der Waals surface area contributed by atoms with Gasteiger partial charge in [0.15, 0.2) is 0 Å². The molecule has 0 unspecified atom stereocenters. The first-order valence-electron chi connectivity index (χ1n) is 10.4. The van der Waals surface area contributed by atoms with Gasteiger partial charge >= 0.3 is 0 Å². The molecule has 0 aliphatic heterocycles. The van der Waals surface area contributed by atoms with Gasteiger partial charge < -0.3 is 10.6 Å². The Morgan fingerprint density at radius 2 is 1.13 bits per heavy atom. The number of anilines is 2. The molecule has 6 nitrogen and oxygen atoms in total. The van der Waals surface area contributed by atoms with Crippen molar-refractivity contribution in [2.75, 3.05) is 10.6 Å². The second-order valence-corrected chi connectivity index (χ2v) is 7.46. The van der Waals surface area contributed by atoms with E-state index in [1.165, 1.54) is 0 Å². The van der Waals surface area contributed by atoms with Gasteiger partial charge in [0.2, 0.25) is 11.8 Å². The van der Waals surface area contributed by atoms with Crippen LogP contribution in [0.2, 0.25) is 0 Å². The Morgan fingerprint density at radius 3 is 1.55 bits per heavy atom. The van der Waals surface area contributed by atoms with Gasteiger partial charge in [-0.25, -0.2) is 0 Å². The molecule has 2 amide bonds. The van der Waals surface area contributed by atoms with Gasteiger partial charge in [0.05, 0.1) is 22.4 Å². The highest BCUT2D eigenvalue weighted by Crippen LogP contribution is 2.32. The fourth-order valence-electron chi connectivity index (χ4n) is 3.89. The van der Waals surface area contributed by atoms with E-state index in [0.717, 1.165) is 10.8 Å². The number of amides is 2. The molecule has 2 heterocycles. The Morgan fingerprint density at radius 1 is 0.710 bits per heavy atom. The predicted molar refractivity (Wildman–Crippen MR) is 124 cm³/mol. The zero-order chi connectivity index (χ0) is 21.8. The number of pyridine rings is 2. The lowest BCUT2D eigenvalue weighted by Gasteiger charge is -2.29. The molecule has 6 heteroatoms. The first-order chi connectivity index (χ1) is 15.1. The third-order valence-electron chi connectivity index (χ3n) is 5.84. The van der Waals surface area contributed by atoms with Crippen LogP contribution < -0.4 is 10.6 Å². The highest BCUT2D eigenvalue weighted by atomic mass is 16.2. The minimum absolute atomic E-state index is 0.346. The molecule has 0 fully saturated rings. The van der Waals surface area contributed by atoms with E-state index in [9.17, 15) is 9.59 Å². The van der Waals surface area contributed by atoms with Crippen molar-refractivity contribution >= 4 is 45.0 Å². The normalized spacial score (nSPS) is 11.4. The molecule has 2 aromatic carbocycles. The van der Waals surface area contributed by atoms with Gasteiger partial charge in [-0.15, -0.1) is 0 Å². The summed E-state index contributed by atoms with van der Waals surface area (Å²) >= 11 is 0. The Labute approximate surface area is 180 Å². The summed E-state index contributed by atoms with van der Waals surface area (Å²) in [6, 6.07) is 18.8. The Kier molecular flexibility index (Phi) is 5.62. The number of rotatable bonds is 6. The summed E-state index contributed by atoms with van der Waals surface area (Å²) in [5.41, 5.74) is 1.34. The van der Waals surface area contributed by atoms with Crippen LogP contribution in [0.5, 0.6) is 0 Å². The van der Waals surface area contributed by atoms with E-state index in [1.54, 1.807) is 24.5 Å². The molecule has 0 radical (unpaired) electrons. The van der Waals surface area contributed by atoms with E-state index in [0.29, 0.717) is 35.2 Å². The number of para-hydroxylation sites is 2. The summed E-state index contributed by atoms with van der Waals surface area (Å²) in [6.07, 6.45) is 4.09. The van der Waals surface area contributed by atoms with Gasteiger partial charge in [-0.05, 0) is 37.1 Å². The lowest BCUT2D eigenvalue weighted by Crippen LogP contribution is -2.45. The number of carbonyl (C=O) groups excluding carboxylic acids is 2. The maximum atomic E-state index is 13.4. The molecule has 0 saturated heterocycles. The summed E-state index contributed by atoms with van der Waals surface area (Å²) in [4.78, 5) is 35.6. The quantitative estimate of drug-likeness (QED) is 0.428. The SMILES string of the molecule is CCC(CC)(C(=O)Nc1cccc2cccnc12)C(=O)Nc1cccc2cccnc12. The molecule has 0 atom stereocenters. The van der Waals surface area contributed by atoms with Gasteiger partial charge in [0, 0.05) is 23.2 Å². The predicted octanol–water partition coefficient (Wildman–Crippen LogP) is 5.17. The standard InChI is InChI=1S/C25H24N4O2/c1-3-25(4-2,23(30)28-19-13-5-9-17-11-7-15-26-21(17)19)24(31)29-20-14-6-10-18-12-8-16-27-22(18)20/h5-16H,3-4H2,1-2H3,(H,28,30)(H,29,31). The first-order valence-corrected chi connectivity index (χ1v) is 10.4. The maximum absolute atomic E-state index is 13.4. The lowest BCUT2D eigenvalue weighted by atomic mass is 9.80. The average Bonchev–Trinajstić information content (AvgIpc) is 2.81. The monoisotopic (exact) mass is 412 g/mol. The number of hydrogen-bond donors (Lipinski definition) is 2. The summed E-state index contributed by atoms with van der Waals surface area (Å²) in [5, 5.41) is 7.75. The summed E-state index contributed by atoms with van der Waals surface area (Å²) < 4.78 is 0. The molecule has 0 saturated carbocycles. The van der Waals surface area contributed by atoms with Gasteiger partial charge in [-0.1, -0.05) is 50.2 Å². The number of fused-ring (bicyclic) bond motifs is 2. The number of carbonyl (C=O) groups is 2. The van der Waals surface area contributed by atoms with Gasteiger partial charge in [0.25, 0.3) is 0 Å². The van der Waals surface area contributed by atoms with E-state index in [1.807, 2.05) is 62.4 Å². The van der Waals surface area contributed by atoms with Crippen molar-refractivity contribution in [3.63, 3.8) is 0 Å². The van der Waals surface area contributed by atoms with Crippen LogP contribution in [0.4, 0.5) is 11.4 Å². The van der Waals surface area contributed by atoms with Gasteiger partial charge in [-0.2, -0.15) is 0 Å². The molecule has 0 aliphatic carbocycles. The van der Waals surface area contributed by atoms with E-state index in [2.05, 4.69) is 20.6 Å². The van der Waals surface area contributed by atoms with Crippen LogP contribution in [0.1, 0.15) is 26.7 Å². The van der Waals surface area contributed by atoms with Crippen LogP contribution in [0.3, 0.4) is 0 Å². The zero-order valence-electron chi connectivity index (χ0n) is 17.6. The minimum atomic E-state index is -1.23. The van der Waals surface area contributed by atoms with Crippen LogP contribution in [0.25, 0.3) is 21.8 Å². The second-order valence-electron chi connectivity index (χ2n) is 7.46. The smallest absolute Gasteiger partial charge is 0.240 e. The van der Waals surface area contributed by atoms with Crippen LogP contribution in [0, 0.1) is 5.41 Å². The van der Waals surface area contributed by atoms with Crippen LogP contribution >= 0.6 is 0 Å². The van der Waals surface area contributed by atoms with Crippen LogP contribution in [-0.2, 0) is 9.59 Å². The van der Waals surface area contributed by atoms with Crippen molar-refractivity contribution in [1.29, 1.82) is 0 Å². The Balaban J connectivity index is 1.65. The summed E-state index contributed by atoms with van der Waals surface area (Å²) in [7, 11) is 0. The summed E-state index contributed by atoms with van der Waals surface area (Å²) in [6.45, 7) is 3.71. The zero-order valence-corrected chi connectivity index (χ0v) is 17.6. The van der Waals surface area contributed by atoms with Crippen molar-refractivity contribution in [3.8, 4) is 0 Å². The third kappa shape index (κ3) is 3.72. The highest BCUT2D eigenvalue weighted by Gasteiger charge is 2.43. The topological polar surface area (TPSA) is 84.0 Å². The fraction of sp³-hybridized carbons (Fsp3) is 0.200. The van der Waals surface area contributed by atoms with Crippen LogP contribution in [0.15, 0.2) is 73.1 Å². The highest BCUT2D eigenvalue weighted by molar-refractivity contribution is 6.17. The Bertz CT molecular complexity index is 1160. The number of hydrogen-bond acceptors (Lipinski definition) is 4. The van der Waals surface area contributed by atoms with Gasteiger partial charge in [-0.3, -0.25) is 19.6 Å². The number of nitrogens with zero attached hydrogens (tertiary/aromatic N) is 2. The molecule has 4 rings (SSSR count). The van der Waals surface area contributed by atoms with E-state index >= 15 is 0 Å². The molecular formula is C25H24N4O2. The lowest BCUT2D eigenvalue weighted by molar-refractivity contribution is -0.137.